The molecular formula is C20H21NO4. The van der Waals surface area contributed by atoms with Gasteiger partial charge in [-0.1, -0.05) is 60.7 Å². The first kappa shape index (κ1) is 17.2. The number of esters is 1. The number of carbonyl (C=O) groups is 2. The first-order valence-corrected chi connectivity index (χ1v) is 8.34. The van der Waals surface area contributed by atoms with Gasteiger partial charge in [-0.3, -0.25) is 4.79 Å². The van der Waals surface area contributed by atoms with Crippen LogP contribution in [0.4, 0.5) is 0 Å². The fourth-order valence-electron chi connectivity index (χ4n) is 2.59. The Labute approximate surface area is 147 Å². The maximum Gasteiger partial charge on any atom is 0.329 e. The fraction of sp³-hybridized carbons (Fsp3) is 0.300. The number of hydrogen-bond donors (Lipinski definition) is 1. The van der Waals surface area contributed by atoms with Gasteiger partial charge < -0.3 is 14.8 Å². The Morgan fingerprint density at radius 1 is 1.04 bits per heavy atom. The van der Waals surface area contributed by atoms with Crippen molar-refractivity contribution in [3.05, 3.63) is 71.8 Å². The molecule has 0 aromatic heterocycles. The summed E-state index contributed by atoms with van der Waals surface area (Å²) in [5, 5.41) is 2.76. The van der Waals surface area contributed by atoms with Crippen LogP contribution in [-0.4, -0.2) is 30.1 Å². The van der Waals surface area contributed by atoms with E-state index in [4.69, 9.17) is 9.47 Å². The highest BCUT2D eigenvalue weighted by molar-refractivity contribution is 5.88. The number of nitrogens with one attached hydrogen (secondary N) is 1. The predicted molar refractivity (Wildman–Crippen MR) is 92.6 cm³/mol. The number of epoxide rings is 1. The first-order chi connectivity index (χ1) is 12.1. The van der Waals surface area contributed by atoms with E-state index in [2.05, 4.69) is 5.32 Å². The number of hydrogen-bond acceptors (Lipinski definition) is 4. The summed E-state index contributed by atoms with van der Waals surface area (Å²) in [6.07, 6.45) is -0.195. The molecule has 5 nitrogen and oxygen atoms in total. The molecule has 5 heteroatoms. The predicted octanol–water partition coefficient (Wildman–Crippen LogP) is 2.24. The molecule has 2 aromatic carbocycles. The van der Waals surface area contributed by atoms with E-state index in [0.717, 1.165) is 11.1 Å². The van der Waals surface area contributed by atoms with Crippen LogP contribution in [0.5, 0.6) is 0 Å². The summed E-state index contributed by atoms with van der Waals surface area (Å²) in [5.41, 5.74) is 1.86. The lowest BCUT2D eigenvalue weighted by Gasteiger charge is -2.17. The molecular weight excluding hydrogens is 318 g/mol. The van der Waals surface area contributed by atoms with Crippen molar-refractivity contribution in [1.82, 2.24) is 5.32 Å². The van der Waals surface area contributed by atoms with Gasteiger partial charge in [0.25, 0.3) is 5.91 Å². The summed E-state index contributed by atoms with van der Waals surface area (Å²) in [6.45, 7) is 2.00. The normalized spacial score (nSPS) is 19.7. The van der Waals surface area contributed by atoms with Crippen LogP contribution in [0.1, 0.15) is 18.1 Å². The van der Waals surface area contributed by atoms with Crippen LogP contribution in [0.3, 0.4) is 0 Å². The number of ether oxygens (including phenoxy) is 2. The lowest BCUT2D eigenvalue weighted by atomic mass is 10.1. The molecule has 0 unspecified atom stereocenters. The van der Waals surface area contributed by atoms with Crippen molar-refractivity contribution >= 4 is 11.9 Å². The zero-order valence-corrected chi connectivity index (χ0v) is 14.1. The molecule has 0 radical (unpaired) electrons. The Balaban J connectivity index is 1.63. The first-order valence-electron chi connectivity index (χ1n) is 8.34. The van der Waals surface area contributed by atoms with E-state index in [-0.39, 0.29) is 18.6 Å². The largest absolute Gasteiger partial charge is 0.459 e. The second-order valence-corrected chi connectivity index (χ2v) is 6.11. The molecule has 1 fully saturated rings. The van der Waals surface area contributed by atoms with E-state index in [1.54, 1.807) is 0 Å². The van der Waals surface area contributed by atoms with E-state index in [0.29, 0.717) is 6.42 Å². The van der Waals surface area contributed by atoms with Crippen LogP contribution in [0.15, 0.2) is 60.7 Å². The topological polar surface area (TPSA) is 67.9 Å². The number of rotatable bonds is 7. The van der Waals surface area contributed by atoms with Crippen LogP contribution in [0.2, 0.25) is 0 Å². The van der Waals surface area contributed by atoms with Gasteiger partial charge in [0.2, 0.25) is 0 Å². The fourth-order valence-corrected chi connectivity index (χ4v) is 2.59. The van der Waals surface area contributed by atoms with Crippen LogP contribution >= 0.6 is 0 Å². The third-order valence-corrected chi connectivity index (χ3v) is 4.08. The van der Waals surface area contributed by atoms with E-state index in [9.17, 15) is 9.59 Å². The van der Waals surface area contributed by atoms with Gasteiger partial charge in [-0.05, 0) is 18.1 Å². The summed E-state index contributed by atoms with van der Waals surface area (Å²) in [6, 6.07) is 18.2. The third-order valence-electron chi connectivity index (χ3n) is 4.08. The molecule has 1 heterocycles. The smallest absolute Gasteiger partial charge is 0.329 e. The Morgan fingerprint density at radius 2 is 1.60 bits per heavy atom. The molecule has 3 atom stereocenters. The SMILES string of the molecule is C[C@H]1O[C@H]1C(=O)N[C@H](Cc1ccccc1)C(=O)OCc1ccccc1. The highest BCUT2D eigenvalue weighted by Crippen LogP contribution is 2.21. The molecule has 130 valence electrons. The van der Waals surface area contributed by atoms with Gasteiger partial charge in [0.05, 0.1) is 6.10 Å². The maximum absolute atomic E-state index is 12.5. The molecule has 0 spiro atoms. The van der Waals surface area contributed by atoms with Gasteiger partial charge in [0, 0.05) is 6.42 Å². The second-order valence-electron chi connectivity index (χ2n) is 6.11. The molecule has 0 bridgehead atoms. The van der Waals surface area contributed by atoms with Gasteiger partial charge in [-0.25, -0.2) is 4.79 Å². The summed E-state index contributed by atoms with van der Waals surface area (Å²) >= 11 is 0. The Bertz CT molecular complexity index is 717. The number of benzene rings is 2. The Kier molecular flexibility index (Phi) is 5.46. The maximum atomic E-state index is 12.5. The van der Waals surface area contributed by atoms with Crippen LogP contribution in [0, 0.1) is 0 Å². The summed E-state index contributed by atoms with van der Waals surface area (Å²) in [5.74, 6) is -0.723. The second kappa shape index (κ2) is 7.94. The molecule has 1 N–H and O–H groups in total. The van der Waals surface area contributed by atoms with Crippen molar-refractivity contribution in [2.24, 2.45) is 0 Å². The Morgan fingerprint density at radius 3 is 2.16 bits per heavy atom. The minimum atomic E-state index is -0.741. The summed E-state index contributed by atoms with van der Waals surface area (Å²) < 4.78 is 10.6. The zero-order chi connectivity index (χ0) is 17.6. The van der Waals surface area contributed by atoms with E-state index >= 15 is 0 Å². The molecule has 1 aliphatic rings. The van der Waals surface area contributed by atoms with Gasteiger partial charge >= 0.3 is 5.97 Å². The van der Waals surface area contributed by atoms with Crippen molar-refractivity contribution in [1.29, 1.82) is 0 Å². The van der Waals surface area contributed by atoms with Gasteiger partial charge in [-0.2, -0.15) is 0 Å². The molecule has 1 amide bonds. The van der Waals surface area contributed by atoms with Crippen molar-refractivity contribution in [3.8, 4) is 0 Å². The zero-order valence-electron chi connectivity index (χ0n) is 14.1. The quantitative estimate of drug-likeness (QED) is 0.620. The molecule has 0 aliphatic carbocycles. The molecule has 1 saturated heterocycles. The summed E-state index contributed by atoms with van der Waals surface area (Å²) in [4.78, 5) is 24.7. The van der Waals surface area contributed by atoms with E-state index in [1.165, 1.54) is 0 Å². The van der Waals surface area contributed by atoms with Gasteiger partial charge in [0.15, 0.2) is 6.10 Å². The average Bonchev–Trinajstić information content (AvgIpc) is 3.38. The molecule has 3 rings (SSSR count). The van der Waals surface area contributed by atoms with Crippen molar-refractivity contribution < 1.29 is 19.1 Å². The van der Waals surface area contributed by atoms with E-state index in [1.807, 2.05) is 67.6 Å². The highest BCUT2D eigenvalue weighted by atomic mass is 16.6. The van der Waals surface area contributed by atoms with Gasteiger partial charge in [0.1, 0.15) is 12.6 Å². The van der Waals surface area contributed by atoms with Gasteiger partial charge in [-0.15, -0.1) is 0 Å². The minimum absolute atomic E-state index is 0.0993. The monoisotopic (exact) mass is 339 g/mol. The van der Waals surface area contributed by atoms with Crippen molar-refractivity contribution in [2.45, 2.75) is 38.2 Å². The van der Waals surface area contributed by atoms with Crippen LogP contribution in [0.25, 0.3) is 0 Å². The standard InChI is InChI=1S/C20H21NO4/c1-14-18(25-14)19(22)21-17(12-15-8-4-2-5-9-15)20(23)24-13-16-10-6-3-7-11-16/h2-11,14,17-18H,12-13H2,1H3,(H,21,22)/t14-,17-,18-/m1/s1. The van der Waals surface area contributed by atoms with Crippen LogP contribution < -0.4 is 5.32 Å². The average molecular weight is 339 g/mol. The lowest BCUT2D eigenvalue weighted by molar-refractivity contribution is -0.149. The number of amides is 1. The molecule has 0 saturated carbocycles. The summed E-state index contributed by atoms with van der Waals surface area (Å²) in [7, 11) is 0. The lowest BCUT2D eigenvalue weighted by Crippen LogP contribution is -2.45. The van der Waals surface area contributed by atoms with Crippen molar-refractivity contribution in [3.63, 3.8) is 0 Å². The van der Waals surface area contributed by atoms with E-state index < -0.39 is 18.1 Å². The van der Waals surface area contributed by atoms with Crippen LogP contribution in [-0.2, 0) is 32.1 Å². The third kappa shape index (κ3) is 4.90. The molecule has 1 aliphatic heterocycles. The highest BCUT2D eigenvalue weighted by Gasteiger charge is 2.42. The number of carbonyl (C=O) groups excluding carboxylic acids is 2. The molecule has 25 heavy (non-hydrogen) atoms. The Hall–Kier alpha value is -2.66. The molecule has 2 aromatic rings. The van der Waals surface area contributed by atoms with Crippen molar-refractivity contribution in [2.75, 3.05) is 0 Å². The minimum Gasteiger partial charge on any atom is -0.459 e.